The average Bonchev–Trinajstić information content (AvgIpc) is 2.67. The molecule has 0 radical (unpaired) electrons. The van der Waals surface area contributed by atoms with Crippen LogP contribution in [0.5, 0.6) is 0 Å². The van der Waals surface area contributed by atoms with Crippen LogP contribution in [-0.2, 0) is 22.6 Å². The van der Waals surface area contributed by atoms with Crippen molar-refractivity contribution in [3.05, 3.63) is 33.6 Å². The van der Waals surface area contributed by atoms with Crippen LogP contribution < -0.4 is 15.2 Å². The van der Waals surface area contributed by atoms with Gasteiger partial charge in [-0.1, -0.05) is 6.07 Å². The molecule has 0 saturated carbocycles. The van der Waals surface area contributed by atoms with Crippen LogP contribution in [0.3, 0.4) is 0 Å². The van der Waals surface area contributed by atoms with Gasteiger partial charge in [0.15, 0.2) is 0 Å². The van der Waals surface area contributed by atoms with Gasteiger partial charge >= 0.3 is 0 Å². The Morgan fingerprint density at radius 2 is 2.10 bits per heavy atom. The van der Waals surface area contributed by atoms with Crippen LogP contribution in [0.4, 0.5) is 5.95 Å². The van der Waals surface area contributed by atoms with E-state index in [2.05, 4.69) is 9.62 Å². The number of fused-ring (bicyclic) bond motifs is 4. The van der Waals surface area contributed by atoms with Crippen molar-refractivity contribution in [1.29, 1.82) is 0 Å². The molecule has 0 amide bonds. The number of hydrogen-bond acceptors (Lipinski definition) is 6. The number of nitrogens with zero attached hydrogens (tertiary/aromatic N) is 3. The number of benzene rings is 1. The summed E-state index contributed by atoms with van der Waals surface area (Å²) >= 11 is -1.22. The maximum atomic E-state index is 13.3. The molecule has 0 aliphatic carbocycles. The normalized spacial score (nSPS) is 21.6. The van der Waals surface area contributed by atoms with Gasteiger partial charge in [-0.25, -0.2) is 4.98 Å². The minimum atomic E-state index is -1.22. The topological polar surface area (TPSA) is 82.4 Å². The van der Waals surface area contributed by atoms with Gasteiger partial charge in [0.05, 0.1) is 36.2 Å². The Bertz CT molecular complexity index is 985. The number of hydrogen-bond donors (Lipinski definition) is 1. The zero-order valence-electron chi connectivity index (χ0n) is 17.8. The summed E-state index contributed by atoms with van der Waals surface area (Å²) in [6.07, 6.45) is 0.890. The predicted molar refractivity (Wildman–Crippen MR) is 117 cm³/mol. The molecule has 4 rings (SSSR count). The molecule has 3 heterocycles. The van der Waals surface area contributed by atoms with Gasteiger partial charge in [-0.15, -0.1) is 4.72 Å². The molecule has 1 fully saturated rings. The zero-order chi connectivity index (χ0) is 20.9. The van der Waals surface area contributed by atoms with Crippen molar-refractivity contribution < 1.29 is 9.29 Å². The summed E-state index contributed by atoms with van der Waals surface area (Å²) in [6.45, 7) is 12.5. The zero-order valence-corrected chi connectivity index (χ0v) is 18.6. The fourth-order valence-electron chi connectivity index (χ4n) is 4.08. The second-order valence-electron chi connectivity index (χ2n) is 9.05. The highest BCUT2D eigenvalue weighted by atomic mass is 32.2. The molecule has 2 aromatic rings. The molecule has 1 aromatic heterocycles. The van der Waals surface area contributed by atoms with Crippen molar-refractivity contribution in [2.75, 3.05) is 24.7 Å². The van der Waals surface area contributed by atoms with E-state index in [-0.39, 0.29) is 22.4 Å². The SMILES string of the molecule is Cc1cc([C@@H](C)N[S+]([O-])C(C)(C)C)c2nc3n(c(=O)c2c1)CCC1COCCN31. The molecular weight excluding hydrogens is 388 g/mol. The molecule has 3 atom stereocenters. The van der Waals surface area contributed by atoms with Crippen molar-refractivity contribution in [2.45, 2.75) is 64.4 Å². The van der Waals surface area contributed by atoms with Crippen LogP contribution in [0.25, 0.3) is 10.9 Å². The van der Waals surface area contributed by atoms with E-state index in [1.807, 2.05) is 46.8 Å². The lowest BCUT2D eigenvalue weighted by Crippen LogP contribution is -2.52. The van der Waals surface area contributed by atoms with E-state index in [0.717, 1.165) is 30.0 Å². The molecule has 0 spiro atoms. The van der Waals surface area contributed by atoms with Crippen LogP contribution in [-0.4, -0.2) is 44.7 Å². The lowest BCUT2D eigenvalue weighted by molar-refractivity contribution is 0.0844. The molecule has 7 nitrogen and oxygen atoms in total. The minimum absolute atomic E-state index is 0.00374. The molecule has 8 heteroatoms. The number of morpholine rings is 1. The highest BCUT2D eigenvalue weighted by molar-refractivity contribution is 7.90. The van der Waals surface area contributed by atoms with Crippen molar-refractivity contribution in [2.24, 2.45) is 0 Å². The number of aryl methyl sites for hydroxylation is 1. The monoisotopic (exact) mass is 418 g/mol. The van der Waals surface area contributed by atoms with E-state index in [1.165, 1.54) is 0 Å². The van der Waals surface area contributed by atoms with Gasteiger partial charge in [0, 0.05) is 30.0 Å². The highest BCUT2D eigenvalue weighted by Crippen LogP contribution is 2.30. The van der Waals surface area contributed by atoms with Crippen LogP contribution in [0.15, 0.2) is 16.9 Å². The van der Waals surface area contributed by atoms with E-state index in [4.69, 9.17) is 9.72 Å². The maximum absolute atomic E-state index is 13.3. The molecule has 29 heavy (non-hydrogen) atoms. The average molecular weight is 419 g/mol. The lowest BCUT2D eigenvalue weighted by Gasteiger charge is -2.41. The van der Waals surface area contributed by atoms with Gasteiger partial charge in [0.1, 0.15) is 4.75 Å². The number of rotatable bonds is 3. The van der Waals surface area contributed by atoms with E-state index in [0.29, 0.717) is 30.7 Å². The van der Waals surface area contributed by atoms with Crippen molar-refractivity contribution >= 4 is 28.2 Å². The van der Waals surface area contributed by atoms with Crippen LogP contribution in [0.2, 0.25) is 0 Å². The van der Waals surface area contributed by atoms with Gasteiger partial charge < -0.3 is 14.2 Å². The molecule has 2 aliphatic rings. The Kier molecular flexibility index (Phi) is 5.40. The summed E-state index contributed by atoms with van der Waals surface area (Å²) in [5, 5.41) is 0.630. The second kappa shape index (κ2) is 7.58. The minimum Gasteiger partial charge on any atom is -0.598 e. The van der Waals surface area contributed by atoms with Crippen LogP contribution >= 0.6 is 0 Å². The maximum Gasteiger partial charge on any atom is 0.262 e. The number of aromatic nitrogens is 2. The fourth-order valence-corrected chi connectivity index (χ4v) is 4.88. The Morgan fingerprint density at radius 1 is 1.34 bits per heavy atom. The van der Waals surface area contributed by atoms with Gasteiger partial charge in [-0.05, 0) is 52.7 Å². The summed E-state index contributed by atoms with van der Waals surface area (Å²) in [5.41, 5.74) is 2.62. The largest absolute Gasteiger partial charge is 0.598 e. The Hall–Kier alpha value is -1.61. The molecule has 1 aromatic carbocycles. The molecule has 2 aliphatic heterocycles. The van der Waals surface area contributed by atoms with Gasteiger partial charge in [0.25, 0.3) is 5.56 Å². The summed E-state index contributed by atoms with van der Waals surface area (Å²) < 4.78 is 22.9. The van der Waals surface area contributed by atoms with Crippen molar-refractivity contribution in [1.82, 2.24) is 14.3 Å². The quantitative estimate of drug-likeness (QED) is 0.771. The van der Waals surface area contributed by atoms with E-state index in [9.17, 15) is 9.35 Å². The molecule has 0 bridgehead atoms. The van der Waals surface area contributed by atoms with Crippen LogP contribution in [0.1, 0.15) is 51.3 Å². The van der Waals surface area contributed by atoms with Crippen LogP contribution in [0, 0.1) is 6.92 Å². The third kappa shape index (κ3) is 3.79. The van der Waals surface area contributed by atoms with Gasteiger partial charge in [0.2, 0.25) is 5.95 Å². The number of anilines is 1. The smallest absolute Gasteiger partial charge is 0.262 e. The Morgan fingerprint density at radius 3 is 2.83 bits per heavy atom. The first-order valence-electron chi connectivity index (χ1n) is 10.2. The first kappa shape index (κ1) is 20.7. The number of nitrogens with one attached hydrogen (secondary N) is 1. The molecule has 1 N–H and O–H groups in total. The first-order valence-corrected chi connectivity index (χ1v) is 11.4. The first-order chi connectivity index (χ1) is 13.7. The van der Waals surface area contributed by atoms with E-state index < -0.39 is 11.4 Å². The number of ether oxygens (including phenoxy) is 1. The molecule has 158 valence electrons. The summed E-state index contributed by atoms with van der Waals surface area (Å²) in [6, 6.07) is 4.03. The van der Waals surface area contributed by atoms with Gasteiger partial charge in [-0.3, -0.25) is 9.36 Å². The summed E-state index contributed by atoms with van der Waals surface area (Å²) in [7, 11) is 0. The predicted octanol–water partition coefficient (Wildman–Crippen LogP) is 2.43. The highest BCUT2D eigenvalue weighted by Gasteiger charge is 2.33. The van der Waals surface area contributed by atoms with E-state index in [1.54, 1.807) is 4.57 Å². The molecule has 2 unspecified atom stereocenters. The molecule has 1 saturated heterocycles. The lowest BCUT2D eigenvalue weighted by atomic mass is 10.0. The fraction of sp³-hybridized carbons (Fsp3) is 0.619. The third-order valence-corrected chi connectivity index (χ3v) is 7.37. The third-order valence-electron chi connectivity index (χ3n) is 5.69. The Balaban J connectivity index is 1.84. The summed E-state index contributed by atoms with van der Waals surface area (Å²) in [4.78, 5) is 20.5. The van der Waals surface area contributed by atoms with Crippen molar-refractivity contribution in [3.63, 3.8) is 0 Å². The van der Waals surface area contributed by atoms with Gasteiger partial charge in [-0.2, -0.15) is 0 Å². The standard InChI is InChI=1S/C21H30N4O3S/c1-13-10-16(14(2)23-29(27)21(3,4)5)18-17(11-13)19(26)25-7-6-15-12-28-9-8-24(15)20(25)22-18/h10-11,14-15,23H,6-9,12H2,1-5H3/t14-,15?,29?/m1/s1. The van der Waals surface area contributed by atoms with E-state index >= 15 is 0 Å². The summed E-state index contributed by atoms with van der Waals surface area (Å²) in [5.74, 6) is 0.733. The second-order valence-corrected chi connectivity index (χ2v) is 11.0. The Labute approximate surface area is 174 Å². The van der Waals surface area contributed by atoms with Crippen molar-refractivity contribution in [3.8, 4) is 0 Å². The molecular formula is C21H30N4O3S.